The average molecular weight is 364 g/mol. The smallest absolute Gasteiger partial charge is 0.312 e. The number of nitrogens with one attached hydrogen (secondary N) is 1. The molecule has 128 valence electrons. The van der Waals surface area contributed by atoms with Gasteiger partial charge in [0, 0.05) is 23.7 Å². The molecule has 1 aromatic rings. The largest absolute Gasteiger partial charge is 0.486 e. The summed E-state index contributed by atoms with van der Waals surface area (Å²) in [6, 6.07) is 4.13. The van der Waals surface area contributed by atoms with Crippen LogP contribution >= 0.6 is 24.0 Å². The Labute approximate surface area is 145 Å². The third-order valence-electron chi connectivity index (χ3n) is 3.47. The van der Waals surface area contributed by atoms with Crippen LogP contribution in [0.5, 0.6) is 5.75 Å². The summed E-state index contributed by atoms with van der Waals surface area (Å²) in [4.78, 5) is 22.0. The van der Waals surface area contributed by atoms with Crippen LogP contribution in [-0.2, 0) is 4.79 Å². The van der Waals surface area contributed by atoms with E-state index < -0.39 is 4.92 Å². The SMILES string of the molecule is Cl.NC(CNC(=O)CCOc1ccc(Cl)cc1[N+](=O)[O-])C1CC1. The maximum Gasteiger partial charge on any atom is 0.312 e. The zero-order valence-corrected chi connectivity index (χ0v) is 13.9. The van der Waals surface area contributed by atoms with Crippen molar-refractivity contribution in [2.45, 2.75) is 25.3 Å². The van der Waals surface area contributed by atoms with Crippen LogP contribution < -0.4 is 15.8 Å². The van der Waals surface area contributed by atoms with Gasteiger partial charge in [-0.1, -0.05) is 11.6 Å². The Morgan fingerprint density at radius 3 is 2.83 bits per heavy atom. The molecule has 1 aromatic carbocycles. The van der Waals surface area contributed by atoms with Gasteiger partial charge in [0.1, 0.15) is 0 Å². The number of amides is 1. The first-order chi connectivity index (χ1) is 10.5. The van der Waals surface area contributed by atoms with Crippen LogP contribution in [0.25, 0.3) is 0 Å². The summed E-state index contributed by atoms with van der Waals surface area (Å²) in [6.45, 7) is 0.498. The predicted molar refractivity (Wildman–Crippen MR) is 89.2 cm³/mol. The average Bonchev–Trinajstić information content (AvgIpc) is 3.30. The lowest BCUT2D eigenvalue weighted by atomic mass is 10.2. The zero-order valence-electron chi connectivity index (χ0n) is 12.4. The number of rotatable bonds is 8. The van der Waals surface area contributed by atoms with Crippen LogP contribution in [0.1, 0.15) is 19.3 Å². The molecule has 7 nitrogen and oxygen atoms in total. The van der Waals surface area contributed by atoms with Crippen molar-refractivity contribution < 1.29 is 14.5 Å². The lowest BCUT2D eigenvalue weighted by Crippen LogP contribution is -2.38. The topological polar surface area (TPSA) is 107 Å². The summed E-state index contributed by atoms with van der Waals surface area (Å²) in [5, 5.41) is 13.9. The van der Waals surface area contributed by atoms with Gasteiger partial charge in [0.25, 0.3) is 0 Å². The van der Waals surface area contributed by atoms with E-state index >= 15 is 0 Å². The molecule has 1 unspecified atom stereocenters. The summed E-state index contributed by atoms with van der Waals surface area (Å²) in [5.74, 6) is 0.429. The maximum absolute atomic E-state index is 11.7. The van der Waals surface area contributed by atoms with E-state index in [1.54, 1.807) is 0 Å². The Balaban J connectivity index is 0.00000264. The Bertz CT molecular complexity index is 567. The Morgan fingerprint density at radius 2 is 2.22 bits per heavy atom. The molecule has 0 aromatic heterocycles. The molecule has 1 atom stereocenters. The molecule has 0 heterocycles. The maximum atomic E-state index is 11.7. The summed E-state index contributed by atoms with van der Waals surface area (Å²) in [7, 11) is 0. The van der Waals surface area contributed by atoms with Crippen LogP contribution in [0, 0.1) is 16.0 Å². The molecule has 9 heteroatoms. The number of halogens is 2. The van der Waals surface area contributed by atoms with Gasteiger partial charge in [0.15, 0.2) is 5.75 Å². The number of hydrogen-bond donors (Lipinski definition) is 2. The first-order valence-electron chi connectivity index (χ1n) is 7.06. The minimum atomic E-state index is -0.573. The number of ether oxygens (including phenoxy) is 1. The highest BCUT2D eigenvalue weighted by Crippen LogP contribution is 2.31. The van der Waals surface area contributed by atoms with E-state index in [9.17, 15) is 14.9 Å². The molecule has 1 aliphatic rings. The van der Waals surface area contributed by atoms with E-state index in [1.807, 2.05) is 0 Å². The molecular formula is C14H19Cl2N3O4. The fourth-order valence-corrected chi connectivity index (χ4v) is 2.19. The Morgan fingerprint density at radius 1 is 1.52 bits per heavy atom. The number of nitrogens with two attached hydrogens (primary N) is 1. The van der Waals surface area contributed by atoms with Gasteiger partial charge in [0.2, 0.25) is 5.91 Å². The molecule has 2 rings (SSSR count). The molecule has 3 N–H and O–H groups in total. The van der Waals surface area contributed by atoms with Gasteiger partial charge in [-0.15, -0.1) is 12.4 Å². The van der Waals surface area contributed by atoms with Crippen molar-refractivity contribution in [2.24, 2.45) is 11.7 Å². The third kappa shape index (κ3) is 6.21. The van der Waals surface area contributed by atoms with Gasteiger partial charge in [-0.2, -0.15) is 0 Å². The first kappa shape index (κ1) is 19.5. The molecule has 0 bridgehead atoms. The second-order valence-corrected chi connectivity index (χ2v) is 5.71. The Kier molecular flexibility index (Phi) is 7.54. The fraction of sp³-hybridized carbons (Fsp3) is 0.500. The number of nitrogens with zero attached hydrogens (tertiary/aromatic N) is 1. The summed E-state index contributed by atoms with van der Waals surface area (Å²) in [6.07, 6.45) is 2.36. The monoisotopic (exact) mass is 363 g/mol. The summed E-state index contributed by atoms with van der Waals surface area (Å²) >= 11 is 5.71. The van der Waals surface area contributed by atoms with Gasteiger partial charge in [0.05, 0.1) is 18.0 Å². The van der Waals surface area contributed by atoms with Crippen molar-refractivity contribution in [1.82, 2.24) is 5.32 Å². The molecule has 0 saturated heterocycles. The number of carbonyl (C=O) groups is 1. The molecule has 0 spiro atoms. The highest BCUT2D eigenvalue weighted by Gasteiger charge is 2.28. The van der Waals surface area contributed by atoms with Crippen molar-refractivity contribution in [3.05, 3.63) is 33.3 Å². The van der Waals surface area contributed by atoms with Gasteiger partial charge in [-0.3, -0.25) is 14.9 Å². The fourth-order valence-electron chi connectivity index (χ4n) is 2.02. The molecule has 23 heavy (non-hydrogen) atoms. The van der Waals surface area contributed by atoms with E-state index in [1.165, 1.54) is 18.2 Å². The molecule has 0 radical (unpaired) electrons. The van der Waals surface area contributed by atoms with E-state index in [0.29, 0.717) is 12.5 Å². The molecule has 1 amide bonds. The van der Waals surface area contributed by atoms with Crippen LogP contribution in [0.3, 0.4) is 0 Å². The van der Waals surface area contributed by atoms with Gasteiger partial charge < -0.3 is 15.8 Å². The van der Waals surface area contributed by atoms with Gasteiger partial charge in [-0.05, 0) is 30.9 Å². The third-order valence-corrected chi connectivity index (χ3v) is 3.70. The molecule has 1 aliphatic carbocycles. The van der Waals surface area contributed by atoms with Gasteiger partial charge in [-0.25, -0.2) is 0 Å². The second-order valence-electron chi connectivity index (χ2n) is 5.27. The minimum Gasteiger partial charge on any atom is -0.486 e. The van der Waals surface area contributed by atoms with Crippen molar-refractivity contribution in [1.29, 1.82) is 0 Å². The van der Waals surface area contributed by atoms with Crippen LogP contribution in [0.2, 0.25) is 5.02 Å². The van der Waals surface area contributed by atoms with E-state index in [2.05, 4.69) is 5.32 Å². The minimum absolute atomic E-state index is 0. The van der Waals surface area contributed by atoms with E-state index in [-0.39, 0.29) is 53.8 Å². The normalized spacial score (nSPS) is 14.5. The number of carbonyl (C=O) groups excluding carboxylic acids is 1. The summed E-state index contributed by atoms with van der Waals surface area (Å²) in [5.41, 5.74) is 5.66. The van der Waals surface area contributed by atoms with Crippen molar-refractivity contribution in [3.8, 4) is 5.75 Å². The second kappa shape index (κ2) is 8.90. The predicted octanol–water partition coefficient (Wildman–Crippen LogP) is 2.29. The van der Waals surface area contributed by atoms with Crippen LogP contribution in [-0.4, -0.2) is 30.0 Å². The lowest BCUT2D eigenvalue weighted by Gasteiger charge is -2.12. The van der Waals surface area contributed by atoms with Crippen molar-refractivity contribution in [3.63, 3.8) is 0 Å². The molecule has 0 aliphatic heterocycles. The lowest BCUT2D eigenvalue weighted by molar-refractivity contribution is -0.385. The number of benzene rings is 1. The number of nitro groups is 1. The van der Waals surface area contributed by atoms with Crippen molar-refractivity contribution >= 4 is 35.6 Å². The van der Waals surface area contributed by atoms with Crippen molar-refractivity contribution in [2.75, 3.05) is 13.2 Å². The first-order valence-corrected chi connectivity index (χ1v) is 7.44. The van der Waals surface area contributed by atoms with E-state index in [4.69, 9.17) is 22.1 Å². The molecular weight excluding hydrogens is 345 g/mol. The number of hydrogen-bond acceptors (Lipinski definition) is 5. The highest BCUT2D eigenvalue weighted by molar-refractivity contribution is 6.30. The standard InChI is InChI=1S/C14H18ClN3O4.ClH/c15-10-3-4-13(12(7-10)18(20)21)22-6-5-14(19)17-8-11(16)9-1-2-9;/h3-4,7,9,11H,1-2,5-6,8,16H2,(H,17,19);1H. The molecule has 1 saturated carbocycles. The van der Waals surface area contributed by atoms with E-state index in [0.717, 1.165) is 12.8 Å². The Hall–Kier alpha value is -1.57. The zero-order chi connectivity index (χ0) is 16.1. The number of nitro benzene ring substituents is 1. The summed E-state index contributed by atoms with van der Waals surface area (Å²) < 4.78 is 5.30. The quantitative estimate of drug-likeness (QED) is 0.544. The highest BCUT2D eigenvalue weighted by atomic mass is 35.5. The van der Waals surface area contributed by atoms with Crippen LogP contribution in [0.15, 0.2) is 18.2 Å². The van der Waals surface area contributed by atoms with Gasteiger partial charge >= 0.3 is 5.69 Å². The van der Waals surface area contributed by atoms with Crippen LogP contribution in [0.4, 0.5) is 5.69 Å². The molecule has 1 fully saturated rings.